The van der Waals surface area contributed by atoms with Crippen LogP contribution in [-0.4, -0.2) is 30.5 Å². The molecule has 1 aromatic carbocycles. The van der Waals surface area contributed by atoms with Crippen LogP contribution in [0.5, 0.6) is 5.75 Å². The topological polar surface area (TPSA) is 119 Å². The maximum Gasteiger partial charge on any atom is 0.220 e. The number of ether oxygens (including phenoxy) is 1. The summed E-state index contributed by atoms with van der Waals surface area (Å²) in [7, 11) is 1.59. The highest BCUT2D eigenvalue weighted by Crippen LogP contribution is 2.42. The summed E-state index contributed by atoms with van der Waals surface area (Å²) in [6.07, 6.45) is 4.98. The molecule has 1 aromatic heterocycles. The van der Waals surface area contributed by atoms with Crippen molar-refractivity contribution in [2.75, 3.05) is 12.0 Å². The number of carbonyl (C=O) groups is 1. The van der Waals surface area contributed by atoms with Crippen LogP contribution < -0.4 is 21.1 Å². The zero-order chi connectivity index (χ0) is 20.6. The van der Waals surface area contributed by atoms with E-state index >= 15 is 0 Å². The number of benzene rings is 1. The smallest absolute Gasteiger partial charge is 0.220 e. The maximum absolute atomic E-state index is 11.6. The average Bonchev–Trinajstić information content (AvgIpc) is 3.18. The van der Waals surface area contributed by atoms with E-state index in [4.69, 9.17) is 25.6 Å². The Kier molecular flexibility index (Phi) is 4.77. The predicted molar refractivity (Wildman–Crippen MR) is 112 cm³/mol. The number of aliphatic imine (C=N–C) groups is 2. The Morgan fingerprint density at radius 3 is 2.59 bits per heavy atom. The summed E-state index contributed by atoms with van der Waals surface area (Å²) < 4.78 is 11.3. The van der Waals surface area contributed by atoms with Gasteiger partial charge in [-0.15, -0.1) is 0 Å². The van der Waals surface area contributed by atoms with Crippen LogP contribution in [0.25, 0.3) is 11.3 Å². The molecule has 0 atom stereocenters. The molecular weight excluding hydrogens is 370 g/mol. The van der Waals surface area contributed by atoms with Gasteiger partial charge in [-0.2, -0.15) is 4.99 Å². The van der Waals surface area contributed by atoms with Gasteiger partial charge >= 0.3 is 0 Å². The molecule has 0 radical (unpaired) electrons. The lowest BCUT2D eigenvalue weighted by molar-refractivity contribution is 0.0988. The van der Waals surface area contributed by atoms with E-state index < -0.39 is 5.66 Å². The first-order chi connectivity index (χ1) is 13.9. The molecule has 4 rings (SSSR count). The number of anilines is 1. The summed E-state index contributed by atoms with van der Waals surface area (Å²) in [6.45, 7) is 1.47. The van der Waals surface area contributed by atoms with Gasteiger partial charge in [0.2, 0.25) is 11.9 Å². The van der Waals surface area contributed by atoms with Crippen molar-refractivity contribution >= 4 is 23.4 Å². The number of Topliss-reactive ketones (excluding diaryl/α,β-unsaturated/α-hetero) is 1. The highest BCUT2D eigenvalue weighted by Gasteiger charge is 2.42. The van der Waals surface area contributed by atoms with Gasteiger partial charge in [0.15, 0.2) is 11.5 Å². The van der Waals surface area contributed by atoms with Gasteiger partial charge < -0.3 is 20.6 Å². The lowest BCUT2D eigenvalue weighted by Crippen LogP contribution is -2.58. The fourth-order valence-electron chi connectivity index (χ4n) is 4.19. The van der Waals surface area contributed by atoms with E-state index in [0.717, 1.165) is 36.9 Å². The monoisotopic (exact) mass is 395 g/mol. The molecule has 4 N–H and O–H groups in total. The van der Waals surface area contributed by atoms with Gasteiger partial charge in [0.1, 0.15) is 17.2 Å². The largest absolute Gasteiger partial charge is 0.496 e. The summed E-state index contributed by atoms with van der Waals surface area (Å²) in [5.41, 5.74) is 13.3. The first-order valence-electron chi connectivity index (χ1n) is 9.72. The van der Waals surface area contributed by atoms with Crippen LogP contribution in [0.2, 0.25) is 0 Å². The molecule has 0 amide bonds. The van der Waals surface area contributed by atoms with Crippen molar-refractivity contribution in [1.29, 1.82) is 0 Å². The molecule has 2 aromatic rings. The van der Waals surface area contributed by atoms with Crippen molar-refractivity contribution in [1.82, 2.24) is 0 Å². The predicted octanol–water partition coefficient (Wildman–Crippen LogP) is 3.27. The molecule has 0 unspecified atom stereocenters. The number of guanidine groups is 2. The quantitative estimate of drug-likeness (QED) is 0.767. The van der Waals surface area contributed by atoms with Crippen molar-refractivity contribution in [3.05, 3.63) is 36.1 Å². The van der Waals surface area contributed by atoms with Crippen molar-refractivity contribution in [3.63, 3.8) is 0 Å². The minimum Gasteiger partial charge on any atom is -0.496 e. The molecule has 2 aliphatic rings. The Morgan fingerprint density at radius 1 is 1.17 bits per heavy atom. The Bertz CT molecular complexity index is 1000. The van der Waals surface area contributed by atoms with Crippen molar-refractivity contribution in [2.24, 2.45) is 21.5 Å². The Morgan fingerprint density at radius 2 is 1.93 bits per heavy atom. The number of hydrogen-bond acceptors (Lipinski definition) is 8. The molecule has 29 heavy (non-hydrogen) atoms. The van der Waals surface area contributed by atoms with Crippen LogP contribution in [0.15, 0.2) is 44.7 Å². The number of nitrogens with zero attached hydrogens (tertiary/aromatic N) is 3. The summed E-state index contributed by atoms with van der Waals surface area (Å²) in [4.78, 5) is 22.4. The van der Waals surface area contributed by atoms with E-state index in [-0.39, 0.29) is 11.7 Å². The van der Waals surface area contributed by atoms with E-state index in [1.807, 2.05) is 23.1 Å². The molecule has 8 heteroatoms. The first kappa shape index (κ1) is 19.0. The normalized spacial score (nSPS) is 18.3. The van der Waals surface area contributed by atoms with Crippen LogP contribution in [0.3, 0.4) is 0 Å². The van der Waals surface area contributed by atoms with Gasteiger partial charge in [-0.1, -0.05) is 6.42 Å². The van der Waals surface area contributed by atoms with Gasteiger partial charge in [-0.05, 0) is 49.9 Å². The van der Waals surface area contributed by atoms with Crippen molar-refractivity contribution < 1.29 is 13.9 Å². The van der Waals surface area contributed by atoms with Crippen LogP contribution >= 0.6 is 0 Å². The molecule has 152 valence electrons. The van der Waals surface area contributed by atoms with E-state index in [1.54, 1.807) is 19.2 Å². The van der Waals surface area contributed by atoms with Crippen LogP contribution in [0, 0.1) is 0 Å². The Balaban J connectivity index is 1.76. The second-order valence-electron chi connectivity index (χ2n) is 7.42. The molecule has 8 nitrogen and oxygen atoms in total. The molecule has 0 bridgehead atoms. The molecule has 1 aliphatic carbocycles. The molecule has 1 fully saturated rings. The van der Waals surface area contributed by atoms with Crippen LogP contribution in [0.4, 0.5) is 5.69 Å². The SMILES string of the molecule is COc1cc(N2C(N)=NC(N)=NC23CCCCC3)ccc1-c1ccc(C(C)=O)o1. The highest BCUT2D eigenvalue weighted by molar-refractivity contribution is 6.05. The number of rotatable bonds is 4. The molecule has 1 spiro atoms. The molecule has 0 saturated heterocycles. The summed E-state index contributed by atoms with van der Waals surface area (Å²) in [5.74, 6) is 1.90. The number of carbonyl (C=O) groups excluding carboxylic acids is 1. The second-order valence-corrected chi connectivity index (χ2v) is 7.42. The number of nitrogens with two attached hydrogens (primary N) is 2. The number of hydrogen-bond donors (Lipinski definition) is 2. The number of furan rings is 1. The number of methoxy groups -OCH3 is 1. The fraction of sp³-hybridized carbons (Fsp3) is 0.381. The zero-order valence-electron chi connectivity index (χ0n) is 16.6. The van der Waals surface area contributed by atoms with Gasteiger partial charge in [0, 0.05) is 18.7 Å². The lowest BCUT2D eigenvalue weighted by Gasteiger charge is -2.45. The van der Waals surface area contributed by atoms with E-state index in [9.17, 15) is 4.79 Å². The lowest BCUT2D eigenvalue weighted by atomic mass is 9.87. The summed E-state index contributed by atoms with van der Waals surface area (Å²) >= 11 is 0. The van der Waals surface area contributed by atoms with E-state index in [1.165, 1.54) is 13.3 Å². The zero-order valence-corrected chi connectivity index (χ0v) is 16.6. The molecule has 1 aliphatic heterocycles. The summed E-state index contributed by atoms with van der Waals surface area (Å²) in [5, 5.41) is 0. The highest BCUT2D eigenvalue weighted by atomic mass is 16.5. The Labute approximate surface area is 169 Å². The molecular formula is C21H25N5O3. The molecule has 1 saturated carbocycles. The standard InChI is InChI=1S/C21H25N5O3/c1-13(27)16-8-9-17(29-16)15-7-6-14(12-18(15)28-2)26-20(23)24-19(22)25-21(26)10-4-3-5-11-21/h6-9,12H,3-5,10-11H2,1-2H3,(H4,22,23,24,25). The van der Waals surface area contributed by atoms with Gasteiger partial charge in [0.25, 0.3) is 0 Å². The first-order valence-corrected chi connectivity index (χ1v) is 9.72. The van der Waals surface area contributed by atoms with Crippen molar-refractivity contribution in [2.45, 2.75) is 44.7 Å². The van der Waals surface area contributed by atoms with Gasteiger partial charge in [-0.3, -0.25) is 9.69 Å². The van der Waals surface area contributed by atoms with Gasteiger partial charge in [-0.25, -0.2) is 4.99 Å². The van der Waals surface area contributed by atoms with Crippen LogP contribution in [0.1, 0.15) is 49.6 Å². The Hall–Kier alpha value is -3.29. The van der Waals surface area contributed by atoms with Crippen LogP contribution in [-0.2, 0) is 0 Å². The summed E-state index contributed by atoms with van der Waals surface area (Å²) in [6, 6.07) is 9.14. The minimum atomic E-state index is -0.521. The molecule has 2 heterocycles. The van der Waals surface area contributed by atoms with Crippen molar-refractivity contribution in [3.8, 4) is 17.1 Å². The van der Waals surface area contributed by atoms with E-state index in [2.05, 4.69) is 4.99 Å². The second kappa shape index (κ2) is 7.27. The number of ketones is 1. The third-order valence-corrected chi connectivity index (χ3v) is 5.51. The average molecular weight is 395 g/mol. The van der Waals surface area contributed by atoms with E-state index in [0.29, 0.717) is 23.2 Å². The van der Waals surface area contributed by atoms with Gasteiger partial charge in [0.05, 0.1) is 12.7 Å². The maximum atomic E-state index is 11.6. The third kappa shape index (κ3) is 3.35. The fourth-order valence-corrected chi connectivity index (χ4v) is 4.19. The third-order valence-electron chi connectivity index (χ3n) is 5.51. The minimum absolute atomic E-state index is 0.126.